The molecule has 0 spiro atoms. The van der Waals surface area contributed by atoms with E-state index >= 15 is 0 Å². The summed E-state index contributed by atoms with van der Waals surface area (Å²) in [7, 11) is 2.32. The van der Waals surface area contributed by atoms with Crippen LogP contribution < -0.4 is 31.9 Å². The van der Waals surface area contributed by atoms with E-state index in [0.717, 1.165) is 25.3 Å². The molecule has 0 aliphatic heterocycles. The molecule has 0 saturated heterocycles. The van der Waals surface area contributed by atoms with Crippen molar-refractivity contribution in [3.05, 3.63) is 71.8 Å². The van der Waals surface area contributed by atoms with Crippen molar-refractivity contribution in [3.63, 3.8) is 0 Å². The van der Waals surface area contributed by atoms with E-state index < -0.39 is 79.2 Å². The van der Waals surface area contributed by atoms with Gasteiger partial charge in [0.1, 0.15) is 25.2 Å². The number of amides is 6. The molecule has 15 heteroatoms. The molecule has 7 N–H and O–H groups in total. The number of benzene rings is 2. The van der Waals surface area contributed by atoms with Crippen LogP contribution in [0.1, 0.15) is 38.8 Å². The number of ether oxygens (including phenoxy) is 2. The number of hydrogen-bond acceptors (Lipinski definition) is 9. The molecule has 2 rings (SSSR count). The van der Waals surface area contributed by atoms with Crippen molar-refractivity contribution in [2.45, 2.75) is 70.8 Å². The molecule has 0 aliphatic carbocycles. The third-order valence-corrected chi connectivity index (χ3v) is 7.77. The van der Waals surface area contributed by atoms with Crippen molar-refractivity contribution < 1.29 is 43.3 Å². The number of carbonyl (C=O) groups excluding carboxylic acids is 6. The Kier molecular flexibility index (Phi) is 17.2. The molecule has 4 atom stereocenters. The molecule has 50 heavy (non-hydrogen) atoms. The van der Waals surface area contributed by atoms with Crippen LogP contribution in [0, 0.1) is 11.8 Å². The van der Waals surface area contributed by atoms with Gasteiger partial charge in [0.2, 0.25) is 23.6 Å². The first-order valence-electron chi connectivity index (χ1n) is 16.3. The number of aliphatic hydroxyl groups is 1. The van der Waals surface area contributed by atoms with Gasteiger partial charge in [-0.2, -0.15) is 0 Å². The Labute approximate surface area is 292 Å². The molecule has 2 aromatic carbocycles. The molecule has 0 aliphatic rings. The highest BCUT2D eigenvalue weighted by atomic mass is 16.5. The third kappa shape index (κ3) is 14.1. The molecule has 6 amide bonds. The number of aliphatic hydroxyl groups excluding tert-OH is 1. The first-order valence-corrected chi connectivity index (χ1v) is 16.3. The fourth-order valence-electron chi connectivity index (χ4n) is 5.04. The Morgan fingerprint density at radius 1 is 0.580 bits per heavy atom. The van der Waals surface area contributed by atoms with Crippen LogP contribution in [0.15, 0.2) is 60.7 Å². The van der Waals surface area contributed by atoms with Gasteiger partial charge in [0.25, 0.3) is 0 Å². The molecule has 274 valence electrons. The van der Waals surface area contributed by atoms with Gasteiger partial charge in [-0.05, 0) is 35.8 Å². The number of rotatable bonds is 18. The maximum Gasteiger partial charge on any atom is 0.407 e. The lowest BCUT2D eigenvalue weighted by Crippen LogP contribution is -2.61. The van der Waals surface area contributed by atoms with Gasteiger partial charge in [-0.15, -0.1) is 0 Å². The van der Waals surface area contributed by atoms with E-state index in [1.807, 2.05) is 60.7 Å². The summed E-state index contributed by atoms with van der Waals surface area (Å²) in [6.07, 6.45) is -2.64. The van der Waals surface area contributed by atoms with Crippen LogP contribution in [0.3, 0.4) is 0 Å². The van der Waals surface area contributed by atoms with E-state index in [9.17, 15) is 33.9 Å². The van der Waals surface area contributed by atoms with Crippen LogP contribution >= 0.6 is 0 Å². The second kappa shape index (κ2) is 21.0. The third-order valence-electron chi connectivity index (χ3n) is 7.77. The van der Waals surface area contributed by atoms with Gasteiger partial charge in [-0.1, -0.05) is 88.4 Å². The molecule has 0 saturated carbocycles. The molecule has 0 heterocycles. The molecular formula is C35H50N6O9. The van der Waals surface area contributed by atoms with Crippen molar-refractivity contribution in [3.8, 4) is 0 Å². The topological polar surface area (TPSA) is 213 Å². The van der Waals surface area contributed by atoms with Gasteiger partial charge in [-0.25, -0.2) is 9.59 Å². The Morgan fingerprint density at radius 3 is 1.22 bits per heavy atom. The number of hydrogen-bond donors (Lipinski definition) is 7. The van der Waals surface area contributed by atoms with Gasteiger partial charge in [0, 0.05) is 0 Å². The highest BCUT2D eigenvalue weighted by molar-refractivity contribution is 5.90. The number of methoxy groups -OCH3 is 2. The van der Waals surface area contributed by atoms with Crippen LogP contribution in [0.4, 0.5) is 9.59 Å². The molecule has 0 fully saturated rings. The first-order chi connectivity index (χ1) is 23.7. The van der Waals surface area contributed by atoms with Gasteiger partial charge < -0.3 is 46.5 Å². The number of nitrogens with one attached hydrogen (secondary N) is 6. The van der Waals surface area contributed by atoms with Crippen LogP contribution in [0.2, 0.25) is 0 Å². The van der Waals surface area contributed by atoms with Crippen molar-refractivity contribution in [1.82, 2.24) is 31.9 Å². The summed E-state index contributed by atoms with van der Waals surface area (Å²) in [5, 5.41) is 27.6. The second-order valence-electron chi connectivity index (χ2n) is 12.4. The van der Waals surface area contributed by atoms with E-state index in [4.69, 9.17) is 0 Å². The maximum atomic E-state index is 13.8. The second-order valence-corrected chi connectivity index (χ2v) is 12.4. The van der Waals surface area contributed by atoms with Crippen molar-refractivity contribution in [2.75, 3.05) is 27.3 Å². The summed E-state index contributed by atoms with van der Waals surface area (Å²) in [5.74, 6) is -3.17. The van der Waals surface area contributed by atoms with Crippen molar-refractivity contribution >= 4 is 35.8 Å². The van der Waals surface area contributed by atoms with Gasteiger partial charge >= 0.3 is 12.2 Å². The zero-order valence-corrected chi connectivity index (χ0v) is 29.4. The summed E-state index contributed by atoms with van der Waals surface area (Å²) in [6.45, 7) is 6.11. The molecule has 0 radical (unpaired) electrons. The van der Waals surface area contributed by atoms with Crippen LogP contribution in [0.25, 0.3) is 0 Å². The van der Waals surface area contributed by atoms with E-state index in [1.165, 1.54) is 0 Å². The number of carbonyl (C=O) groups is 6. The minimum Gasteiger partial charge on any atom is -0.453 e. The molecular weight excluding hydrogens is 648 g/mol. The normalized spacial score (nSPS) is 13.3. The van der Waals surface area contributed by atoms with E-state index in [2.05, 4.69) is 41.4 Å². The Hall–Kier alpha value is -5.18. The Balaban J connectivity index is 2.40. The maximum absolute atomic E-state index is 13.8. The summed E-state index contributed by atoms with van der Waals surface area (Å²) in [5.41, 5.74) is 1.58. The summed E-state index contributed by atoms with van der Waals surface area (Å²) in [6, 6.07) is 14.3. The van der Waals surface area contributed by atoms with Crippen molar-refractivity contribution in [1.29, 1.82) is 0 Å². The lowest BCUT2D eigenvalue weighted by Gasteiger charge is -2.34. The van der Waals surface area contributed by atoms with E-state index in [-0.39, 0.29) is 24.7 Å². The predicted molar refractivity (Wildman–Crippen MR) is 185 cm³/mol. The van der Waals surface area contributed by atoms with Crippen LogP contribution in [0.5, 0.6) is 0 Å². The Morgan fingerprint density at radius 2 is 0.920 bits per heavy atom. The molecule has 2 aromatic rings. The summed E-state index contributed by atoms with van der Waals surface area (Å²) < 4.78 is 8.98. The minimum absolute atomic E-state index is 0.168. The van der Waals surface area contributed by atoms with Gasteiger partial charge in [-0.3, -0.25) is 19.2 Å². The summed E-state index contributed by atoms with van der Waals surface area (Å²) in [4.78, 5) is 75.6. The molecule has 0 unspecified atom stereocenters. The lowest BCUT2D eigenvalue weighted by molar-refractivity contribution is -0.131. The van der Waals surface area contributed by atoms with E-state index in [1.54, 1.807) is 27.7 Å². The fourth-order valence-corrected chi connectivity index (χ4v) is 5.04. The fraction of sp³-hybridized carbons (Fsp3) is 0.486. The largest absolute Gasteiger partial charge is 0.453 e. The Bertz CT molecular complexity index is 1300. The lowest BCUT2D eigenvalue weighted by atomic mass is 9.91. The first kappa shape index (κ1) is 41.0. The minimum atomic E-state index is -1.36. The summed E-state index contributed by atoms with van der Waals surface area (Å²) >= 11 is 0. The predicted octanol–water partition coefficient (Wildman–Crippen LogP) is 0.796. The molecule has 0 aromatic heterocycles. The smallest absolute Gasteiger partial charge is 0.407 e. The van der Waals surface area contributed by atoms with Gasteiger partial charge in [0.05, 0.1) is 32.4 Å². The van der Waals surface area contributed by atoms with Gasteiger partial charge in [0.15, 0.2) is 0 Å². The average Bonchev–Trinajstić information content (AvgIpc) is 3.10. The van der Waals surface area contributed by atoms with E-state index in [0.29, 0.717) is 0 Å². The van der Waals surface area contributed by atoms with Crippen LogP contribution in [-0.2, 0) is 41.5 Å². The van der Waals surface area contributed by atoms with Crippen LogP contribution in [-0.4, -0.2) is 98.5 Å². The standard InChI is InChI=1S/C35H50N6O9/c1-21(2)29(40-27(42)19-36-34(47)49-5)32(45)38-25(17-23-13-9-7-10-14-23)31(44)26(18-24-15-11-8-12-16-24)39-33(46)30(22(3)4)41-28(43)20-37-35(48)50-6/h7-16,21-22,25-26,29-31,44H,17-20H2,1-6H3,(H,36,47)(H,37,48)(H,38,45)(H,39,46)(H,40,42)(H,41,43)/t25-,26-,29-,30-/m0/s1. The van der Waals surface area contributed by atoms with Crippen molar-refractivity contribution in [2.24, 2.45) is 11.8 Å². The quantitative estimate of drug-likeness (QED) is 0.117. The SMILES string of the molecule is COC(=O)NCC(=O)N[C@H](C(=O)N[C@@H](Cc1ccccc1)C(O)[C@H](Cc1ccccc1)NC(=O)[C@@H](NC(=O)CNC(=O)OC)C(C)C)C(C)C. The zero-order valence-electron chi connectivity index (χ0n) is 29.4. The molecule has 0 bridgehead atoms. The number of alkyl carbamates (subject to hydrolysis) is 2. The highest BCUT2D eigenvalue weighted by Crippen LogP contribution is 2.16. The monoisotopic (exact) mass is 698 g/mol. The average molecular weight is 699 g/mol. The zero-order chi connectivity index (χ0) is 37.2. The molecule has 15 nitrogen and oxygen atoms in total. The highest BCUT2D eigenvalue weighted by Gasteiger charge is 2.35.